The van der Waals surface area contributed by atoms with Gasteiger partial charge in [0.15, 0.2) is 4.60 Å². The van der Waals surface area contributed by atoms with Gasteiger partial charge < -0.3 is 5.11 Å². The Kier molecular flexibility index (Phi) is 3.17. The van der Waals surface area contributed by atoms with Gasteiger partial charge in [-0.1, -0.05) is 22.9 Å². The van der Waals surface area contributed by atoms with Crippen LogP contribution in [-0.4, -0.2) is 26.1 Å². The van der Waals surface area contributed by atoms with E-state index in [0.717, 1.165) is 0 Å². The van der Waals surface area contributed by atoms with Crippen LogP contribution in [0.4, 0.5) is 0 Å². The number of halogens is 2. The number of hydrogen-bond donors (Lipinski definition) is 1. The van der Waals surface area contributed by atoms with Crippen molar-refractivity contribution in [1.29, 1.82) is 0 Å². The SMILES string of the molecule is Cn1nnc(Br)c1-c1ccc(C(=O)O)cc1Cl. The van der Waals surface area contributed by atoms with Gasteiger partial charge >= 0.3 is 5.97 Å². The molecule has 88 valence electrons. The molecular formula is C10H7BrClN3O2. The number of nitrogens with zero attached hydrogens (tertiary/aromatic N) is 3. The standard InChI is InChI=1S/C10H7BrClN3O2/c1-15-8(9(11)13-14-15)6-3-2-5(10(16)17)4-7(6)12/h2-4H,1H3,(H,16,17). The van der Waals surface area contributed by atoms with E-state index >= 15 is 0 Å². The summed E-state index contributed by atoms with van der Waals surface area (Å²) in [5, 5.41) is 16.9. The lowest BCUT2D eigenvalue weighted by molar-refractivity contribution is 0.0697. The summed E-state index contributed by atoms with van der Waals surface area (Å²) in [5.74, 6) is -1.01. The van der Waals surface area contributed by atoms with E-state index in [0.29, 0.717) is 20.9 Å². The first-order valence-corrected chi connectivity index (χ1v) is 5.76. The molecule has 0 spiro atoms. The summed E-state index contributed by atoms with van der Waals surface area (Å²) in [6.07, 6.45) is 0. The fourth-order valence-corrected chi connectivity index (χ4v) is 2.27. The molecule has 1 aromatic heterocycles. The zero-order chi connectivity index (χ0) is 12.6. The van der Waals surface area contributed by atoms with Crippen molar-refractivity contribution in [2.45, 2.75) is 0 Å². The second-order valence-electron chi connectivity index (χ2n) is 3.35. The highest BCUT2D eigenvalue weighted by atomic mass is 79.9. The summed E-state index contributed by atoms with van der Waals surface area (Å²) in [5.41, 5.74) is 1.52. The predicted octanol–water partition coefficient (Wildman–Crippen LogP) is 2.60. The molecule has 1 N–H and O–H groups in total. The fraction of sp³-hybridized carbons (Fsp3) is 0.100. The zero-order valence-corrected chi connectivity index (χ0v) is 11.0. The van der Waals surface area contributed by atoms with E-state index in [-0.39, 0.29) is 5.56 Å². The third-order valence-corrected chi connectivity index (χ3v) is 3.10. The summed E-state index contributed by atoms with van der Waals surface area (Å²) in [7, 11) is 1.73. The average molecular weight is 317 g/mol. The van der Waals surface area contributed by atoms with Gasteiger partial charge in [0, 0.05) is 12.6 Å². The maximum atomic E-state index is 10.8. The van der Waals surface area contributed by atoms with Gasteiger partial charge in [-0.25, -0.2) is 9.48 Å². The molecule has 0 radical (unpaired) electrons. The highest BCUT2D eigenvalue weighted by Gasteiger charge is 2.15. The fourth-order valence-electron chi connectivity index (χ4n) is 1.46. The number of carbonyl (C=O) groups is 1. The van der Waals surface area contributed by atoms with Gasteiger partial charge in [-0.05, 0) is 28.1 Å². The van der Waals surface area contributed by atoms with Crippen LogP contribution in [0.1, 0.15) is 10.4 Å². The minimum absolute atomic E-state index is 0.144. The van der Waals surface area contributed by atoms with Crippen molar-refractivity contribution < 1.29 is 9.90 Å². The first-order valence-electron chi connectivity index (χ1n) is 4.59. The van der Waals surface area contributed by atoms with Crippen LogP contribution in [0.25, 0.3) is 11.3 Å². The van der Waals surface area contributed by atoms with Crippen molar-refractivity contribution >= 4 is 33.5 Å². The van der Waals surface area contributed by atoms with Gasteiger partial charge in [0.1, 0.15) is 5.69 Å². The molecular weight excluding hydrogens is 309 g/mol. The van der Waals surface area contributed by atoms with E-state index in [1.807, 2.05) is 0 Å². The molecule has 2 rings (SSSR count). The van der Waals surface area contributed by atoms with Crippen molar-refractivity contribution in [3.8, 4) is 11.3 Å². The molecule has 5 nitrogen and oxygen atoms in total. The molecule has 1 aromatic carbocycles. The summed E-state index contributed by atoms with van der Waals surface area (Å²) in [4.78, 5) is 10.8. The molecule has 1 heterocycles. The third-order valence-electron chi connectivity index (χ3n) is 2.26. The van der Waals surface area contributed by atoms with Crippen LogP contribution in [-0.2, 0) is 7.05 Å². The summed E-state index contributed by atoms with van der Waals surface area (Å²) < 4.78 is 2.12. The van der Waals surface area contributed by atoms with Gasteiger partial charge in [0.25, 0.3) is 0 Å². The Balaban J connectivity index is 2.58. The monoisotopic (exact) mass is 315 g/mol. The number of carboxylic acid groups (broad SMARTS) is 1. The van der Waals surface area contributed by atoms with E-state index < -0.39 is 5.97 Å². The molecule has 0 unspecified atom stereocenters. The van der Waals surface area contributed by atoms with E-state index in [1.165, 1.54) is 12.1 Å². The van der Waals surface area contributed by atoms with E-state index in [9.17, 15) is 4.79 Å². The van der Waals surface area contributed by atoms with E-state index in [2.05, 4.69) is 26.2 Å². The Morgan fingerprint density at radius 2 is 2.24 bits per heavy atom. The largest absolute Gasteiger partial charge is 0.478 e. The van der Waals surface area contributed by atoms with Crippen LogP contribution in [0.2, 0.25) is 5.02 Å². The normalized spacial score (nSPS) is 10.5. The summed E-state index contributed by atoms with van der Waals surface area (Å²) in [6, 6.07) is 4.52. The summed E-state index contributed by atoms with van der Waals surface area (Å²) in [6.45, 7) is 0. The van der Waals surface area contributed by atoms with Crippen molar-refractivity contribution in [2.24, 2.45) is 7.05 Å². The number of aryl methyl sites for hydroxylation is 1. The Bertz CT molecular complexity index is 578. The molecule has 0 saturated carbocycles. The lowest BCUT2D eigenvalue weighted by atomic mass is 10.1. The Hall–Kier alpha value is -1.40. The van der Waals surface area contributed by atoms with Crippen LogP contribution in [0.3, 0.4) is 0 Å². The molecule has 0 aliphatic heterocycles. The highest BCUT2D eigenvalue weighted by molar-refractivity contribution is 9.10. The number of aromatic carboxylic acids is 1. The topological polar surface area (TPSA) is 68.0 Å². The molecule has 7 heteroatoms. The van der Waals surface area contributed by atoms with Gasteiger partial charge in [-0.15, -0.1) is 5.10 Å². The number of hydrogen-bond acceptors (Lipinski definition) is 3. The molecule has 0 amide bonds. The average Bonchev–Trinajstić information content (AvgIpc) is 2.59. The van der Waals surface area contributed by atoms with Crippen molar-refractivity contribution in [3.05, 3.63) is 33.4 Å². The molecule has 2 aromatic rings. The van der Waals surface area contributed by atoms with Crippen molar-refractivity contribution in [2.75, 3.05) is 0 Å². The molecule has 17 heavy (non-hydrogen) atoms. The minimum Gasteiger partial charge on any atom is -0.478 e. The second kappa shape index (κ2) is 4.46. The van der Waals surface area contributed by atoms with Gasteiger partial charge in [0.05, 0.1) is 10.6 Å². The Labute approximate surface area is 110 Å². The lowest BCUT2D eigenvalue weighted by Gasteiger charge is -2.05. The Morgan fingerprint density at radius 1 is 1.53 bits per heavy atom. The molecule has 0 saturated heterocycles. The second-order valence-corrected chi connectivity index (χ2v) is 4.51. The van der Waals surface area contributed by atoms with Crippen LogP contribution in [0.15, 0.2) is 22.8 Å². The zero-order valence-electron chi connectivity index (χ0n) is 8.69. The van der Waals surface area contributed by atoms with Crippen LogP contribution in [0.5, 0.6) is 0 Å². The maximum absolute atomic E-state index is 10.8. The van der Waals surface area contributed by atoms with Crippen molar-refractivity contribution in [3.63, 3.8) is 0 Å². The number of aromatic nitrogens is 3. The van der Waals surface area contributed by atoms with Crippen LogP contribution >= 0.6 is 27.5 Å². The van der Waals surface area contributed by atoms with Gasteiger partial charge in [-0.2, -0.15) is 0 Å². The smallest absolute Gasteiger partial charge is 0.335 e. The van der Waals surface area contributed by atoms with Gasteiger partial charge in [0.2, 0.25) is 0 Å². The molecule has 0 aliphatic carbocycles. The molecule has 0 atom stereocenters. The van der Waals surface area contributed by atoms with Crippen molar-refractivity contribution in [1.82, 2.24) is 15.0 Å². The van der Waals surface area contributed by atoms with Crippen LogP contribution < -0.4 is 0 Å². The first kappa shape index (κ1) is 12.1. The molecule has 0 bridgehead atoms. The van der Waals surface area contributed by atoms with Gasteiger partial charge in [-0.3, -0.25) is 0 Å². The quantitative estimate of drug-likeness (QED) is 0.924. The predicted molar refractivity (Wildman–Crippen MR) is 66.1 cm³/mol. The highest BCUT2D eigenvalue weighted by Crippen LogP contribution is 2.32. The maximum Gasteiger partial charge on any atom is 0.335 e. The third kappa shape index (κ3) is 2.18. The number of rotatable bonds is 2. The van der Waals surface area contributed by atoms with Crippen LogP contribution in [0, 0.1) is 0 Å². The first-order chi connectivity index (χ1) is 8.00. The lowest BCUT2D eigenvalue weighted by Crippen LogP contribution is -1.98. The molecule has 0 fully saturated rings. The minimum atomic E-state index is -1.01. The molecule has 0 aliphatic rings. The Morgan fingerprint density at radius 3 is 2.71 bits per heavy atom. The van der Waals surface area contributed by atoms with E-state index in [1.54, 1.807) is 17.8 Å². The van der Waals surface area contributed by atoms with E-state index in [4.69, 9.17) is 16.7 Å². The number of carboxylic acids is 1. The number of benzene rings is 1. The summed E-state index contributed by atoms with van der Waals surface area (Å²) >= 11 is 9.32.